The van der Waals surface area contributed by atoms with Crippen molar-refractivity contribution in [3.63, 3.8) is 0 Å². The Bertz CT molecular complexity index is 396. The van der Waals surface area contributed by atoms with E-state index in [1.807, 2.05) is 19.2 Å². The van der Waals surface area contributed by atoms with E-state index in [0.29, 0.717) is 19.8 Å². The number of nitrogens with zero attached hydrogens (tertiary/aromatic N) is 1. The number of rotatable bonds is 3. The number of amides is 1. The average Bonchev–Trinajstić information content (AvgIpc) is 2.41. The Labute approximate surface area is 107 Å². The Hall–Kier alpha value is -1.55. The fraction of sp³-hybridized carbons (Fsp3) is 0.500. The lowest BCUT2D eigenvalue weighted by Gasteiger charge is -2.26. The van der Waals surface area contributed by atoms with E-state index >= 15 is 0 Å². The van der Waals surface area contributed by atoms with E-state index in [2.05, 4.69) is 0 Å². The van der Waals surface area contributed by atoms with Crippen molar-refractivity contribution in [1.82, 2.24) is 4.90 Å². The summed E-state index contributed by atoms with van der Waals surface area (Å²) in [6.07, 6.45) is 1.64. The number of phenolic OH excluding ortho intramolecular Hbond substituents is 1. The van der Waals surface area contributed by atoms with Crippen molar-refractivity contribution in [2.24, 2.45) is 5.92 Å². The van der Waals surface area contributed by atoms with Gasteiger partial charge in [0.2, 0.25) is 5.91 Å². The van der Waals surface area contributed by atoms with Gasteiger partial charge in [-0.15, -0.1) is 0 Å². The Kier molecular flexibility index (Phi) is 4.20. The van der Waals surface area contributed by atoms with Crippen molar-refractivity contribution in [2.75, 3.05) is 20.3 Å². The number of ether oxygens (including phenoxy) is 1. The van der Waals surface area contributed by atoms with Gasteiger partial charge >= 0.3 is 0 Å². The van der Waals surface area contributed by atoms with Gasteiger partial charge in [-0.25, -0.2) is 0 Å². The van der Waals surface area contributed by atoms with Crippen LogP contribution < -0.4 is 0 Å². The van der Waals surface area contributed by atoms with Gasteiger partial charge in [0.15, 0.2) is 0 Å². The summed E-state index contributed by atoms with van der Waals surface area (Å²) in [6.45, 7) is 1.95. The number of benzene rings is 1. The Balaban J connectivity index is 1.92. The zero-order valence-corrected chi connectivity index (χ0v) is 10.6. The van der Waals surface area contributed by atoms with Crippen LogP contribution in [0.4, 0.5) is 0 Å². The summed E-state index contributed by atoms with van der Waals surface area (Å²) in [7, 11) is 1.82. The molecule has 98 valence electrons. The standard InChI is InChI=1S/C14H19NO3/c1-15(10-11-2-4-13(16)5-3-11)14(17)12-6-8-18-9-7-12/h2-5,12,16H,6-10H2,1H3. The van der Waals surface area contributed by atoms with Gasteiger partial charge in [0.25, 0.3) is 0 Å². The molecular weight excluding hydrogens is 230 g/mol. The van der Waals surface area contributed by atoms with Gasteiger partial charge in [-0.1, -0.05) is 12.1 Å². The second kappa shape index (κ2) is 5.87. The lowest BCUT2D eigenvalue weighted by molar-refractivity contribution is -0.137. The van der Waals surface area contributed by atoms with E-state index in [1.165, 1.54) is 0 Å². The number of hydrogen-bond acceptors (Lipinski definition) is 3. The van der Waals surface area contributed by atoms with E-state index in [9.17, 15) is 9.90 Å². The molecule has 1 aliphatic rings. The molecule has 1 saturated heterocycles. The minimum Gasteiger partial charge on any atom is -0.508 e. The van der Waals surface area contributed by atoms with Gasteiger partial charge in [0, 0.05) is 32.7 Å². The molecule has 1 heterocycles. The first-order valence-corrected chi connectivity index (χ1v) is 6.27. The molecule has 1 aromatic rings. The summed E-state index contributed by atoms with van der Waals surface area (Å²) in [5, 5.41) is 9.21. The maximum atomic E-state index is 12.2. The van der Waals surface area contributed by atoms with Crippen LogP contribution in [0.3, 0.4) is 0 Å². The molecule has 4 nitrogen and oxygen atoms in total. The highest BCUT2D eigenvalue weighted by atomic mass is 16.5. The largest absolute Gasteiger partial charge is 0.508 e. The number of phenols is 1. The Morgan fingerprint density at radius 3 is 2.56 bits per heavy atom. The fourth-order valence-electron chi connectivity index (χ4n) is 2.21. The molecule has 0 radical (unpaired) electrons. The SMILES string of the molecule is CN(Cc1ccc(O)cc1)C(=O)C1CCOCC1. The molecule has 2 rings (SSSR count). The molecule has 1 fully saturated rings. The minimum absolute atomic E-state index is 0.0980. The van der Waals surface area contributed by atoms with Crippen LogP contribution in [0.5, 0.6) is 5.75 Å². The molecule has 0 atom stereocenters. The Morgan fingerprint density at radius 2 is 1.94 bits per heavy atom. The second-order valence-electron chi connectivity index (χ2n) is 4.75. The first-order chi connectivity index (χ1) is 8.66. The summed E-state index contributed by atoms with van der Waals surface area (Å²) < 4.78 is 5.26. The number of carbonyl (C=O) groups excluding carboxylic acids is 1. The number of hydrogen-bond donors (Lipinski definition) is 1. The highest BCUT2D eigenvalue weighted by molar-refractivity contribution is 5.78. The quantitative estimate of drug-likeness (QED) is 0.888. The lowest BCUT2D eigenvalue weighted by atomic mass is 9.98. The van der Waals surface area contributed by atoms with Crippen LogP contribution in [0, 0.1) is 5.92 Å². The summed E-state index contributed by atoms with van der Waals surface area (Å²) in [5.74, 6) is 0.532. The van der Waals surface area contributed by atoms with E-state index < -0.39 is 0 Å². The molecule has 1 aromatic carbocycles. The molecule has 1 aliphatic heterocycles. The molecule has 0 aromatic heterocycles. The molecule has 0 bridgehead atoms. The first kappa shape index (κ1) is 12.9. The topological polar surface area (TPSA) is 49.8 Å². The fourth-order valence-corrected chi connectivity index (χ4v) is 2.21. The molecule has 18 heavy (non-hydrogen) atoms. The van der Waals surface area contributed by atoms with Gasteiger partial charge in [0.1, 0.15) is 5.75 Å². The van der Waals surface area contributed by atoms with Crippen molar-refractivity contribution >= 4 is 5.91 Å². The van der Waals surface area contributed by atoms with Gasteiger partial charge in [-0.2, -0.15) is 0 Å². The van der Waals surface area contributed by atoms with Crippen molar-refractivity contribution in [3.8, 4) is 5.75 Å². The Morgan fingerprint density at radius 1 is 1.33 bits per heavy atom. The first-order valence-electron chi connectivity index (χ1n) is 6.27. The van der Waals surface area contributed by atoms with Crippen molar-refractivity contribution < 1.29 is 14.6 Å². The monoisotopic (exact) mass is 249 g/mol. The van der Waals surface area contributed by atoms with Crippen molar-refractivity contribution in [3.05, 3.63) is 29.8 Å². The third-order valence-corrected chi connectivity index (χ3v) is 3.30. The van der Waals surface area contributed by atoms with Crippen LogP contribution in [0.1, 0.15) is 18.4 Å². The average molecular weight is 249 g/mol. The summed E-state index contributed by atoms with van der Waals surface area (Å²) in [5.41, 5.74) is 1.02. The maximum absolute atomic E-state index is 12.2. The van der Waals surface area contributed by atoms with Crippen LogP contribution in [-0.2, 0) is 16.1 Å². The van der Waals surface area contributed by atoms with E-state index in [0.717, 1.165) is 18.4 Å². The summed E-state index contributed by atoms with van der Waals surface area (Å²) >= 11 is 0. The van der Waals surface area contributed by atoms with E-state index in [1.54, 1.807) is 17.0 Å². The molecule has 0 spiro atoms. The predicted molar refractivity (Wildman–Crippen MR) is 68.1 cm³/mol. The van der Waals surface area contributed by atoms with Gasteiger partial charge < -0.3 is 14.7 Å². The number of carbonyl (C=O) groups is 1. The summed E-state index contributed by atoms with van der Waals surface area (Å²) in [4.78, 5) is 13.9. The smallest absolute Gasteiger partial charge is 0.225 e. The maximum Gasteiger partial charge on any atom is 0.225 e. The van der Waals surface area contributed by atoms with Crippen LogP contribution in [0.2, 0.25) is 0 Å². The van der Waals surface area contributed by atoms with Crippen LogP contribution in [0.25, 0.3) is 0 Å². The van der Waals surface area contributed by atoms with Gasteiger partial charge in [-0.05, 0) is 30.5 Å². The second-order valence-corrected chi connectivity index (χ2v) is 4.75. The molecule has 0 unspecified atom stereocenters. The molecule has 0 saturated carbocycles. The molecule has 1 N–H and O–H groups in total. The normalized spacial score (nSPS) is 16.5. The molecule has 1 amide bonds. The van der Waals surface area contributed by atoms with Crippen LogP contribution in [-0.4, -0.2) is 36.2 Å². The molecular formula is C14H19NO3. The lowest BCUT2D eigenvalue weighted by Crippen LogP contribution is -2.35. The molecule has 4 heteroatoms. The van der Waals surface area contributed by atoms with Gasteiger partial charge in [-0.3, -0.25) is 4.79 Å². The van der Waals surface area contributed by atoms with Crippen LogP contribution in [0.15, 0.2) is 24.3 Å². The molecule has 0 aliphatic carbocycles. The third kappa shape index (κ3) is 3.23. The highest BCUT2D eigenvalue weighted by Crippen LogP contribution is 2.18. The van der Waals surface area contributed by atoms with Crippen molar-refractivity contribution in [1.29, 1.82) is 0 Å². The van der Waals surface area contributed by atoms with E-state index in [-0.39, 0.29) is 17.6 Å². The summed E-state index contributed by atoms with van der Waals surface area (Å²) in [6, 6.07) is 6.95. The zero-order chi connectivity index (χ0) is 13.0. The number of aromatic hydroxyl groups is 1. The van der Waals surface area contributed by atoms with E-state index in [4.69, 9.17) is 4.74 Å². The zero-order valence-electron chi connectivity index (χ0n) is 10.6. The van der Waals surface area contributed by atoms with Gasteiger partial charge in [0.05, 0.1) is 0 Å². The van der Waals surface area contributed by atoms with Crippen molar-refractivity contribution in [2.45, 2.75) is 19.4 Å². The van der Waals surface area contributed by atoms with Crippen LogP contribution >= 0.6 is 0 Å². The highest BCUT2D eigenvalue weighted by Gasteiger charge is 2.24. The minimum atomic E-state index is 0.0980. The predicted octanol–water partition coefficient (Wildman–Crippen LogP) is 1.78. The third-order valence-electron chi connectivity index (χ3n) is 3.30.